The van der Waals surface area contributed by atoms with Crippen molar-refractivity contribution in [1.29, 1.82) is 0 Å². The second-order valence-electron chi connectivity index (χ2n) is 6.77. The molecular weight excluding hydrogens is 380 g/mol. The van der Waals surface area contributed by atoms with Crippen molar-refractivity contribution in [2.24, 2.45) is 5.92 Å². The molecule has 0 radical (unpaired) electrons. The van der Waals surface area contributed by atoms with Crippen molar-refractivity contribution in [2.75, 3.05) is 25.7 Å². The van der Waals surface area contributed by atoms with Gasteiger partial charge in [0.2, 0.25) is 11.8 Å². The number of ether oxygens (including phenoxy) is 2. The monoisotopic (exact) mass is 402 g/mol. The fraction of sp³-hybridized carbons (Fsp3) is 0.333. The summed E-state index contributed by atoms with van der Waals surface area (Å²) in [5, 5.41) is 3.29. The molecule has 0 bridgehead atoms. The lowest BCUT2D eigenvalue weighted by Gasteiger charge is -2.21. The van der Waals surface area contributed by atoms with Crippen molar-refractivity contribution >= 4 is 29.1 Å². The Kier molecular flexibility index (Phi) is 6.09. The molecule has 7 heteroatoms. The van der Waals surface area contributed by atoms with E-state index in [2.05, 4.69) is 5.32 Å². The second-order valence-corrected chi connectivity index (χ2v) is 7.17. The molecule has 3 rings (SSSR count). The lowest BCUT2D eigenvalue weighted by atomic mass is 10.1. The molecule has 2 aromatic carbocycles. The maximum Gasteiger partial charge on any atom is 0.227 e. The van der Waals surface area contributed by atoms with Crippen LogP contribution in [0.4, 0.5) is 5.69 Å². The fourth-order valence-electron chi connectivity index (χ4n) is 3.21. The number of carbonyl (C=O) groups excluding carboxylic acids is 2. The maximum atomic E-state index is 12.6. The number of anilines is 1. The zero-order valence-corrected chi connectivity index (χ0v) is 16.9. The highest BCUT2D eigenvalue weighted by Gasteiger charge is 2.36. The summed E-state index contributed by atoms with van der Waals surface area (Å²) < 4.78 is 10.6. The highest BCUT2D eigenvalue weighted by Crippen LogP contribution is 2.40. The lowest BCUT2D eigenvalue weighted by Crippen LogP contribution is -2.32. The molecule has 0 aliphatic carbocycles. The quantitative estimate of drug-likeness (QED) is 0.804. The Hall–Kier alpha value is -2.73. The van der Waals surface area contributed by atoms with E-state index in [-0.39, 0.29) is 24.8 Å². The van der Waals surface area contributed by atoms with Gasteiger partial charge in [-0.3, -0.25) is 9.59 Å². The zero-order valence-electron chi connectivity index (χ0n) is 16.1. The molecular formula is C21H23ClN2O4. The fourth-order valence-corrected chi connectivity index (χ4v) is 3.45. The van der Waals surface area contributed by atoms with E-state index in [1.807, 2.05) is 31.2 Å². The molecule has 2 aromatic rings. The van der Waals surface area contributed by atoms with E-state index in [0.29, 0.717) is 28.8 Å². The van der Waals surface area contributed by atoms with Crippen molar-refractivity contribution in [3.63, 3.8) is 0 Å². The number of hydrogen-bond acceptors (Lipinski definition) is 4. The van der Waals surface area contributed by atoms with E-state index in [1.165, 1.54) is 19.8 Å². The minimum Gasteiger partial charge on any atom is -0.495 e. The summed E-state index contributed by atoms with van der Waals surface area (Å²) in [6.45, 7) is 2.72. The zero-order chi connectivity index (χ0) is 20.3. The summed E-state index contributed by atoms with van der Waals surface area (Å²) in [5.74, 6) is 0.213. The van der Waals surface area contributed by atoms with Crippen LogP contribution in [0.25, 0.3) is 0 Å². The third-order valence-electron chi connectivity index (χ3n) is 4.83. The van der Waals surface area contributed by atoms with Crippen LogP contribution in [0.5, 0.6) is 11.5 Å². The molecule has 0 unspecified atom stereocenters. The smallest absolute Gasteiger partial charge is 0.227 e. The first-order chi connectivity index (χ1) is 13.4. The van der Waals surface area contributed by atoms with Gasteiger partial charge in [0.25, 0.3) is 0 Å². The Labute approximate surface area is 169 Å². The lowest BCUT2D eigenvalue weighted by molar-refractivity contribution is -0.126. The Morgan fingerprint density at radius 2 is 1.86 bits per heavy atom. The van der Waals surface area contributed by atoms with Crippen LogP contribution in [0.1, 0.15) is 17.5 Å². The van der Waals surface area contributed by atoms with Gasteiger partial charge in [-0.1, -0.05) is 41.4 Å². The van der Waals surface area contributed by atoms with Gasteiger partial charge < -0.3 is 19.7 Å². The van der Waals surface area contributed by atoms with Crippen LogP contribution >= 0.6 is 11.6 Å². The molecule has 1 atom stereocenters. The van der Waals surface area contributed by atoms with Crippen LogP contribution in [0.3, 0.4) is 0 Å². The predicted molar refractivity (Wildman–Crippen MR) is 108 cm³/mol. The number of benzene rings is 2. The molecule has 6 nitrogen and oxygen atoms in total. The van der Waals surface area contributed by atoms with Gasteiger partial charge in [-0.25, -0.2) is 0 Å². The number of amides is 2. The largest absolute Gasteiger partial charge is 0.495 e. The normalized spacial score (nSPS) is 16.2. The van der Waals surface area contributed by atoms with Gasteiger partial charge in [-0.15, -0.1) is 0 Å². The van der Waals surface area contributed by atoms with Gasteiger partial charge in [0.05, 0.1) is 30.8 Å². The Morgan fingerprint density at radius 1 is 1.18 bits per heavy atom. The molecule has 1 aliphatic heterocycles. The number of methoxy groups -OCH3 is 2. The van der Waals surface area contributed by atoms with Crippen molar-refractivity contribution in [3.8, 4) is 11.5 Å². The molecule has 0 saturated carbocycles. The molecule has 1 heterocycles. The first-order valence-electron chi connectivity index (χ1n) is 8.98. The summed E-state index contributed by atoms with van der Waals surface area (Å²) in [7, 11) is 3.02. The topological polar surface area (TPSA) is 67.9 Å². The van der Waals surface area contributed by atoms with Gasteiger partial charge in [0, 0.05) is 25.6 Å². The number of nitrogens with zero attached hydrogens (tertiary/aromatic N) is 1. The van der Waals surface area contributed by atoms with Crippen LogP contribution in [0.2, 0.25) is 5.02 Å². The van der Waals surface area contributed by atoms with Crippen molar-refractivity contribution in [1.82, 2.24) is 5.32 Å². The number of aryl methyl sites for hydroxylation is 1. The Bertz CT molecular complexity index is 883. The molecule has 1 saturated heterocycles. The highest BCUT2D eigenvalue weighted by atomic mass is 35.5. The van der Waals surface area contributed by atoms with Crippen LogP contribution in [0.15, 0.2) is 36.4 Å². The summed E-state index contributed by atoms with van der Waals surface area (Å²) in [6, 6.07) is 11.2. The third kappa shape index (κ3) is 4.22. The minimum absolute atomic E-state index is 0.144. The number of rotatable bonds is 6. The first kappa shape index (κ1) is 20.0. The van der Waals surface area contributed by atoms with Gasteiger partial charge in [-0.2, -0.15) is 0 Å². The summed E-state index contributed by atoms with van der Waals surface area (Å²) in [6.07, 6.45) is 0.145. The van der Waals surface area contributed by atoms with Gasteiger partial charge in [0.15, 0.2) is 0 Å². The number of halogens is 1. The summed E-state index contributed by atoms with van der Waals surface area (Å²) in [5.41, 5.74) is 2.72. The standard InChI is InChI=1S/C21H23ClN2O4/c1-13-4-6-14(7-5-13)11-23-21(26)15-8-20(25)24(12-15)17-9-16(22)18(27-2)10-19(17)28-3/h4-7,9-10,15H,8,11-12H2,1-3H3,(H,23,26)/t15-/m1/s1. The van der Waals surface area contributed by atoms with E-state index in [1.54, 1.807) is 17.0 Å². The highest BCUT2D eigenvalue weighted by molar-refractivity contribution is 6.32. The molecule has 28 heavy (non-hydrogen) atoms. The SMILES string of the molecule is COc1cc(OC)c(N2C[C@H](C(=O)NCc3ccc(C)cc3)CC2=O)cc1Cl. The predicted octanol–water partition coefficient (Wildman–Crippen LogP) is 3.33. The van der Waals surface area contributed by atoms with Crippen LogP contribution in [0, 0.1) is 12.8 Å². The van der Waals surface area contributed by atoms with Gasteiger partial charge in [0.1, 0.15) is 11.5 Å². The number of nitrogens with one attached hydrogen (secondary N) is 1. The number of carbonyl (C=O) groups is 2. The molecule has 1 aliphatic rings. The van der Waals surface area contributed by atoms with E-state index >= 15 is 0 Å². The molecule has 1 N–H and O–H groups in total. The van der Waals surface area contributed by atoms with Crippen molar-refractivity contribution in [2.45, 2.75) is 19.9 Å². The second kappa shape index (κ2) is 8.52. The molecule has 0 spiro atoms. The molecule has 1 fully saturated rings. The third-order valence-corrected chi connectivity index (χ3v) is 5.12. The minimum atomic E-state index is -0.427. The van der Waals surface area contributed by atoms with Crippen LogP contribution < -0.4 is 19.7 Å². The summed E-state index contributed by atoms with van der Waals surface area (Å²) in [4.78, 5) is 26.7. The Morgan fingerprint density at radius 3 is 2.50 bits per heavy atom. The van der Waals surface area contributed by atoms with Gasteiger partial charge in [-0.05, 0) is 18.6 Å². The maximum absolute atomic E-state index is 12.6. The van der Waals surface area contributed by atoms with Crippen LogP contribution in [-0.2, 0) is 16.1 Å². The first-order valence-corrected chi connectivity index (χ1v) is 9.36. The van der Waals surface area contributed by atoms with Crippen molar-refractivity contribution < 1.29 is 19.1 Å². The molecule has 148 valence electrons. The molecule has 2 amide bonds. The summed E-state index contributed by atoms with van der Waals surface area (Å²) >= 11 is 6.21. The van der Waals surface area contributed by atoms with Crippen molar-refractivity contribution in [3.05, 3.63) is 52.5 Å². The van der Waals surface area contributed by atoms with E-state index in [0.717, 1.165) is 5.56 Å². The average molecular weight is 403 g/mol. The Balaban J connectivity index is 1.70. The van der Waals surface area contributed by atoms with E-state index < -0.39 is 5.92 Å². The van der Waals surface area contributed by atoms with E-state index in [9.17, 15) is 9.59 Å². The molecule has 0 aromatic heterocycles. The van der Waals surface area contributed by atoms with Gasteiger partial charge >= 0.3 is 0 Å². The average Bonchev–Trinajstić information content (AvgIpc) is 3.08. The number of hydrogen-bond donors (Lipinski definition) is 1. The van der Waals surface area contributed by atoms with Crippen LogP contribution in [-0.4, -0.2) is 32.6 Å². The van der Waals surface area contributed by atoms with E-state index in [4.69, 9.17) is 21.1 Å².